The molecule has 0 bridgehead atoms. The molecule has 1 amide bonds. The van der Waals surface area contributed by atoms with Crippen LogP contribution in [0.5, 0.6) is 11.5 Å². The monoisotopic (exact) mass is 455 g/mol. The molecule has 34 heavy (non-hydrogen) atoms. The van der Waals surface area contributed by atoms with Crippen molar-refractivity contribution in [3.8, 4) is 11.5 Å². The smallest absolute Gasteiger partial charge is 0.245 e. The lowest BCUT2D eigenvalue weighted by molar-refractivity contribution is -0.127. The van der Waals surface area contributed by atoms with Gasteiger partial charge in [0.25, 0.3) is 0 Å². The van der Waals surface area contributed by atoms with Gasteiger partial charge in [0.2, 0.25) is 5.91 Å². The average molecular weight is 456 g/mol. The third-order valence-corrected chi connectivity index (χ3v) is 5.99. The van der Waals surface area contributed by atoms with Crippen LogP contribution in [0.1, 0.15) is 12.8 Å². The molecule has 172 valence electrons. The number of carbonyl (C=O) groups is 1. The van der Waals surface area contributed by atoms with E-state index in [0.29, 0.717) is 36.2 Å². The lowest BCUT2D eigenvalue weighted by Crippen LogP contribution is -2.41. The molecule has 2 aromatic heterocycles. The summed E-state index contributed by atoms with van der Waals surface area (Å²) in [6.45, 7) is 4.83. The fraction of sp³-hybridized carbons (Fsp3) is 0.231. The second kappa shape index (κ2) is 9.35. The Morgan fingerprint density at radius 1 is 1.09 bits per heavy atom. The lowest BCUT2D eigenvalue weighted by atomic mass is 10.1. The van der Waals surface area contributed by atoms with Crippen LogP contribution in [0.3, 0.4) is 0 Å². The summed E-state index contributed by atoms with van der Waals surface area (Å²) in [6.07, 6.45) is 4.31. The van der Waals surface area contributed by atoms with Crippen LogP contribution in [0.4, 0.5) is 11.6 Å². The van der Waals surface area contributed by atoms with Crippen molar-refractivity contribution in [2.24, 2.45) is 0 Å². The Bertz CT molecular complexity index is 1370. The number of para-hydroxylation sites is 1. The molecule has 0 radical (unpaired) electrons. The van der Waals surface area contributed by atoms with E-state index >= 15 is 0 Å². The number of hydrogen-bond acceptors (Lipinski definition) is 7. The Labute approximate surface area is 197 Å². The number of methoxy groups -OCH3 is 1. The largest absolute Gasteiger partial charge is 0.493 e. The Hall–Kier alpha value is -4.20. The third kappa shape index (κ3) is 4.34. The number of rotatable bonds is 6. The molecule has 2 aromatic carbocycles. The van der Waals surface area contributed by atoms with E-state index in [1.54, 1.807) is 12.0 Å². The molecule has 8 heteroatoms. The highest BCUT2D eigenvalue weighted by molar-refractivity contribution is 5.93. The zero-order valence-electron chi connectivity index (χ0n) is 18.9. The minimum atomic E-state index is -0.0445. The van der Waals surface area contributed by atoms with E-state index in [-0.39, 0.29) is 12.0 Å². The molecule has 8 nitrogen and oxygen atoms in total. The molecule has 0 spiro atoms. The number of likely N-dealkylation sites (tertiary alicyclic amines) is 1. The van der Waals surface area contributed by atoms with Crippen molar-refractivity contribution in [2.75, 3.05) is 25.5 Å². The van der Waals surface area contributed by atoms with Gasteiger partial charge in [-0.1, -0.05) is 24.8 Å². The van der Waals surface area contributed by atoms with Crippen molar-refractivity contribution in [2.45, 2.75) is 18.9 Å². The summed E-state index contributed by atoms with van der Waals surface area (Å²) in [5.74, 6) is 2.50. The molecule has 3 heterocycles. The number of ether oxygens (including phenoxy) is 2. The van der Waals surface area contributed by atoms with Crippen LogP contribution in [0, 0.1) is 0 Å². The van der Waals surface area contributed by atoms with Crippen LogP contribution in [0.15, 0.2) is 67.5 Å². The first kappa shape index (κ1) is 21.6. The minimum Gasteiger partial charge on any atom is -0.493 e. The third-order valence-electron chi connectivity index (χ3n) is 5.99. The standard InChI is InChI=1S/C26H25N5O3/c1-3-25(32)31-12-10-18(11-13-31)34-23-14-19-21(15-22(23)33-2)27-16-28-26(19)30-24-9-8-17-6-4-5-7-20(17)29-24/h3-9,14-16,18H,1,10-13H2,2H3,(H,27,28,29,30). The first-order chi connectivity index (χ1) is 16.6. The van der Waals surface area contributed by atoms with E-state index in [4.69, 9.17) is 9.47 Å². The van der Waals surface area contributed by atoms with Gasteiger partial charge >= 0.3 is 0 Å². The summed E-state index contributed by atoms with van der Waals surface area (Å²) in [7, 11) is 1.61. The first-order valence-corrected chi connectivity index (χ1v) is 11.2. The van der Waals surface area contributed by atoms with Gasteiger partial charge in [-0.3, -0.25) is 4.79 Å². The van der Waals surface area contributed by atoms with Crippen LogP contribution in [0.25, 0.3) is 21.8 Å². The number of nitrogens with zero attached hydrogens (tertiary/aromatic N) is 4. The molecule has 0 aliphatic carbocycles. The van der Waals surface area contributed by atoms with Gasteiger partial charge in [-0.25, -0.2) is 15.0 Å². The predicted octanol–water partition coefficient (Wildman–Crippen LogP) is 4.49. The number of anilines is 2. The Kier molecular flexibility index (Phi) is 5.95. The number of hydrogen-bond donors (Lipinski definition) is 1. The van der Waals surface area contributed by atoms with Gasteiger partial charge in [-0.2, -0.15) is 0 Å². The number of pyridine rings is 1. The highest BCUT2D eigenvalue weighted by Crippen LogP contribution is 2.36. The fourth-order valence-electron chi connectivity index (χ4n) is 4.17. The maximum Gasteiger partial charge on any atom is 0.245 e. The predicted molar refractivity (Wildman–Crippen MR) is 132 cm³/mol. The van der Waals surface area contributed by atoms with Crippen molar-refractivity contribution in [1.29, 1.82) is 0 Å². The Morgan fingerprint density at radius 2 is 1.91 bits per heavy atom. The normalized spacial score (nSPS) is 14.2. The van der Waals surface area contributed by atoms with E-state index in [2.05, 4.69) is 26.8 Å². The molecule has 1 fully saturated rings. The second-order valence-corrected chi connectivity index (χ2v) is 8.10. The summed E-state index contributed by atoms with van der Waals surface area (Å²) in [5.41, 5.74) is 1.63. The van der Waals surface area contributed by atoms with E-state index in [1.165, 1.54) is 12.4 Å². The van der Waals surface area contributed by atoms with Crippen LogP contribution in [-0.4, -0.2) is 52.1 Å². The summed E-state index contributed by atoms with van der Waals surface area (Å²) in [6, 6.07) is 15.7. The van der Waals surface area contributed by atoms with Crippen molar-refractivity contribution < 1.29 is 14.3 Å². The van der Waals surface area contributed by atoms with Gasteiger partial charge in [0.15, 0.2) is 11.5 Å². The van der Waals surface area contributed by atoms with Crippen molar-refractivity contribution >= 4 is 39.3 Å². The van der Waals surface area contributed by atoms with E-state index in [0.717, 1.165) is 34.6 Å². The van der Waals surface area contributed by atoms with Gasteiger partial charge in [0.1, 0.15) is 24.1 Å². The van der Waals surface area contributed by atoms with Gasteiger partial charge in [-0.15, -0.1) is 0 Å². The number of piperidine rings is 1. The molecule has 5 rings (SSSR count). The van der Waals surface area contributed by atoms with Crippen LogP contribution >= 0.6 is 0 Å². The van der Waals surface area contributed by atoms with Crippen LogP contribution in [0.2, 0.25) is 0 Å². The van der Waals surface area contributed by atoms with Crippen molar-refractivity contribution in [1.82, 2.24) is 19.9 Å². The Morgan fingerprint density at radius 3 is 2.71 bits per heavy atom. The maximum absolute atomic E-state index is 11.9. The molecule has 1 aliphatic heterocycles. The maximum atomic E-state index is 11.9. The highest BCUT2D eigenvalue weighted by Gasteiger charge is 2.24. The van der Waals surface area contributed by atoms with E-state index < -0.39 is 0 Å². The van der Waals surface area contributed by atoms with Crippen molar-refractivity contribution in [3.63, 3.8) is 0 Å². The molecule has 0 unspecified atom stereocenters. The zero-order chi connectivity index (χ0) is 23.5. The highest BCUT2D eigenvalue weighted by atomic mass is 16.5. The second-order valence-electron chi connectivity index (χ2n) is 8.10. The number of nitrogens with one attached hydrogen (secondary N) is 1. The number of carbonyl (C=O) groups excluding carboxylic acids is 1. The minimum absolute atomic E-state index is 0.0246. The van der Waals surface area contributed by atoms with Crippen LogP contribution < -0.4 is 14.8 Å². The molecule has 1 aliphatic rings. The number of benzene rings is 2. The molecule has 1 saturated heterocycles. The summed E-state index contributed by atoms with van der Waals surface area (Å²) in [5, 5.41) is 5.19. The Balaban J connectivity index is 1.42. The summed E-state index contributed by atoms with van der Waals surface area (Å²) in [4.78, 5) is 27.2. The average Bonchev–Trinajstić information content (AvgIpc) is 2.88. The van der Waals surface area contributed by atoms with Crippen LogP contribution in [-0.2, 0) is 4.79 Å². The molecular formula is C26H25N5O3. The van der Waals surface area contributed by atoms with Crippen molar-refractivity contribution in [3.05, 3.63) is 67.5 Å². The molecule has 0 saturated carbocycles. The van der Waals surface area contributed by atoms with E-state index in [1.807, 2.05) is 48.5 Å². The summed E-state index contributed by atoms with van der Waals surface area (Å²) >= 11 is 0. The molecule has 1 N–H and O–H groups in total. The van der Waals surface area contributed by atoms with Gasteiger partial charge in [0, 0.05) is 42.8 Å². The number of fused-ring (bicyclic) bond motifs is 2. The van der Waals surface area contributed by atoms with Gasteiger partial charge < -0.3 is 19.7 Å². The zero-order valence-corrected chi connectivity index (χ0v) is 18.9. The lowest BCUT2D eigenvalue weighted by Gasteiger charge is -2.31. The molecular weight excluding hydrogens is 430 g/mol. The number of amides is 1. The van der Waals surface area contributed by atoms with E-state index in [9.17, 15) is 4.79 Å². The summed E-state index contributed by atoms with van der Waals surface area (Å²) < 4.78 is 11.9. The fourth-order valence-corrected chi connectivity index (χ4v) is 4.17. The SMILES string of the molecule is C=CC(=O)N1CCC(Oc2cc3c(Nc4ccc5ccccc5n4)ncnc3cc2OC)CC1. The molecule has 0 atom stereocenters. The topological polar surface area (TPSA) is 89.5 Å². The van der Waals surface area contributed by atoms with Gasteiger partial charge in [-0.05, 0) is 30.3 Å². The number of aromatic nitrogens is 3. The van der Waals surface area contributed by atoms with Gasteiger partial charge in [0.05, 0.1) is 18.1 Å². The first-order valence-electron chi connectivity index (χ1n) is 11.2. The molecule has 4 aromatic rings. The quantitative estimate of drug-likeness (QED) is 0.429.